The van der Waals surface area contributed by atoms with Crippen molar-refractivity contribution in [3.63, 3.8) is 0 Å². The summed E-state index contributed by atoms with van der Waals surface area (Å²) in [6, 6.07) is 4.06. The van der Waals surface area contributed by atoms with Crippen LogP contribution in [0.4, 0.5) is 0 Å². The second-order valence-corrected chi connectivity index (χ2v) is 3.62. The first-order valence-electron chi connectivity index (χ1n) is 9.91. The zero-order valence-electron chi connectivity index (χ0n) is 18.4. The van der Waals surface area contributed by atoms with Crippen molar-refractivity contribution in [3.05, 3.63) is 84.7 Å². The zero-order valence-corrected chi connectivity index (χ0v) is 9.39. The molecule has 0 aliphatic heterocycles. The summed E-state index contributed by atoms with van der Waals surface area (Å²) in [5.74, 6) is 0. The fourth-order valence-corrected chi connectivity index (χ4v) is 1.59. The Morgan fingerprint density at radius 1 is 0.556 bits per heavy atom. The quantitative estimate of drug-likeness (QED) is 0.589. The molecule has 0 atom stereocenters. The Kier molecular flexibility index (Phi) is 1.29. The van der Waals surface area contributed by atoms with Crippen molar-refractivity contribution < 1.29 is 12.3 Å². The molecular formula is C18H14. The summed E-state index contributed by atoms with van der Waals surface area (Å²) in [6.45, 7) is 0. The molecule has 3 aromatic carbocycles. The topological polar surface area (TPSA) is 0 Å². The van der Waals surface area contributed by atoms with Crippen LogP contribution in [0.3, 0.4) is 0 Å². The van der Waals surface area contributed by atoms with Gasteiger partial charge in [0, 0.05) is 0 Å². The molecule has 0 aromatic heterocycles. The highest BCUT2D eigenvalue weighted by Crippen LogP contribution is 2.25. The van der Waals surface area contributed by atoms with Gasteiger partial charge in [-0.3, -0.25) is 0 Å². The van der Waals surface area contributed by atoms with Crippen LogP contribution >= 0.6 is 0 Å². The lowest BCUT2D eigenvalue weighted by atomic mass is 9.99. The van der Waals surface area contributed by atoms with Crippen molar-refractivity contribution >= 4 is 0 Å². The van der Waals surface area contributed by atoms with Crippen LogP contribution in [-0.2, 0) is 0 Å². The first kappa shape index (κ1) is 4.74. The van der Waals surface area contributed by atoms with Gasteiger partial charge >= 0.3 is 0 Å². The van der Waals surface area contributed by atoms with E-state index < -0.39 is 42.3 Å². The van der Waals surface area contributed by atoms with E-state index in [4.69, 9.17) is 12.3 Å². The average Bonchev–Trinajstić information content (AvgIpc) is 2.66. The molecule has 0 nitrogen and oxygen atoms in total. The molecule has 0 heterocycles. The number of benzene rings is 3. The third kappa shape index (κ3) is 2.18. The summed E-state index contributed by atoms with van der Waals surface area (Å²) in [5.41, 5.74) is 0.0153. The molecule has 0 amide bonds. The fourth-order valence-electron chi connectivity index (χ4n) is 1.59. The Morgan fingerprint density at radius 3 is 1.89 bits per heavy atom. The highest BCUT2D eigenvalue weighted by Gasteiger charge is 2.00. The van der Waals surface area contributed by atoms with E-state index in [2.05, 4.69) is 0 Å². The molecule has 0 fully saturated rings. The van der Waals surface area contributed by atoms with Gasteiger partial charge in [-0.25, -0.2) is 0 Å². The summed E-state index contributed by atoms with van der Waals surface area (Å²) in [4.78, 5) is 0. The third-order valence-electron chi connectivity index (χ3n) is 2.44. The maximum Gasteiger partial charge on any atom is 0.0636 e. The number of hydrogen-bond donors (Lipinski definition) is 0. The minimum atomic E-state index is -0.576. The van der Waals surface area contributed by atoms with Crippen molar-refractivity contribution in [2.45, 2.75) is 0 Å². The molecule has 18 heavy (non-hydrogen) atoms. The van der Waals surface area contributed by atoms with Crippen LogP contribution in [0.25, 0.3) is 22.3 Å². The normalized spacial score (nSPS) is 17.2. The lowest BCUT2D eigenvalue weighted by Gasteiger charge is -2.05. The van der Waals surface area contributed by atoms with Gasteiger partial charge in [0.2, 0.25) is 0 Å². The Bertz CT molecular complexity index is 1030. The average molecular weight is 239 g/mol. The molecule has 0 aliphatic carbocycles. The van der Waals surface area contributed by atoms with Gasteiger partial charge in [-0.2, -0.15) is 0 Å². The van der Waals surface area contributed by atoms with Crippen LogP contribution < -0.4 is 0 Å². The smallest absolute Gasteiger partial charge is 0.0622 e. The molecule has 0 bridgehead atoms. The van der Waals surface area contributed by atoms with E-state index in [-0.39, 0.29) is 28.8 Å². The predicted molar refractivity (Wildman–Crippen MR) is 77.3 cm³/mol. The minimum Gasteiger partial charge on any atom is -0.0622 e. The summed E-state index contributed by atoms with van der Waals surface area (Å²) in [6.07, 6.45) is 0. The van der Waals surface area contributed by atoms with Gasteiger partial charge in [-0.05, 0) is 28.3 Å². The van der Waals surface area contributed by atoms with E-state index in [1.54, 1.807) is 30.3 Å². The molecule has 0 saturated carbocycles. The van der Waals surface area contributed by atoms with Gasteiger partial charge in [0.05, 0.1) is 12.3 Å². The van der Waals surface area contributed by atoms with Crippen molar-refractivity contribution in [1.29, 1.82) is 0 Å². The summed E-state index contributed by atoms with van der Waals surface area (Å²) in [7, 11) is 0. The van der Waals surface area contributed by atoms with Crippen molar-refractivity contribution in [2.75, 3.05) is 0 Å². The monoisotopic (exact) mass is 239 g/mol. The molecule has 0 aliphatic rings. The fraction of sp³-hybridized carbons (Fsp3) is 0. The van der Waals surface area contributed by atoms with Crippen LogP contribution in [-0.4, -0.2) is 0 Å². The van der Waals surface area contributed by atoms with Crippen LogP contribution in [0, 0.1) is 0 Å². The Labute approximate surface area is 120 Å². The highest BCUT2D eigenvalue weighted by atomic mass is 14.0. The van der Waals surface area contributed by atoms with Gasteiger partial charge in [-0.15, -0.1) is 0 Å². The second-order valence-electron chi connectivity index (χ2n) is 3.62. The first-order chi connectivity index (χ1) is 12.7. The third-order valence-corrected chi connectivity index (χ3v) is 2.44. The molecule has 0 unspecified atom stereocenters. The Hall–Kier alpha value is -2.34. The molecular weight excluding hydrogens is 216 g/mol. The molecule has 86 valence electrons. The second kappa shape index (κ2) is 4.89. The highest BCUT2D eigenvalue weighted by molar-refractivity contribution is 5.72. The van der Waals surface area contributed by atoms with E-state index in [0.717, 1.165) is 0 Å². The van der Waals surface area contributed by atoms with Gasteiger partial charge in [-0.1, -0.05) is 78.7 Å². The van der Waals surface area contributed by atoms with Crippen molar-refractivity contribution in [2.24, 2.45) is 0 Å². The summed E-state index contributed by atoms with van der Waals surface area (Å²) < 4.78 is 72.6. The van der Waals surface area contributed by atoms with Crippen LogP contribution in [0.2, 0.25) is 0 Å². The van der Waals surface area contributed by atoms with Crippen LogP contribution in [0.5, 0.6) is 0 Å². The molecule has 0 N–H and O–H groups in total. The SMILES string of the molecule is [2H]c1c([2H])c([2H])c(-c2c([2H])c([2H])c([2H])c(-c3ccccc3)c2[2H])c([2H])c1[2H]. The standard InChI is InChI=1S/C18H14/c1-3-8-15(9-4-1)17-12-7-13-18(14-17)16-10-5-2-6-11-16/h1-14H/i1D,3D,4D,7D,8D,9D,12D,13D,14D. The Morgan fingerprint density at radius 2 is 1.17 bits per heavy atom. The van der Waals surface area contributed by atoms with Crippen LogP contribution in [0.15, 0.2) is 84.7 Å². The summed E-state index contributed by atoms with van der Waals surface area (Å²) in [5, 5.41) is 0. The largest absolute Gasteiger partial charge is 0.0636 e. The van der Waals surface area contributed by atoms with Crippen LogP contribution in [0.1, 0.15) is 12.3 Å². The van der Waals surface area contributed by atoms with E-state index in [9.17, 15) is 0 Å². The van der Waals surface area contributed by atoms with Gasteiger partial charge < -0.3 is 0 Å². The molecule has 0 saturated heterocycles. The van der Waals surface area contributed by atoms with Gasteiger partial charge in [0.25, 0.3) is 0 Å². The lowest BCUT2D eigenvalue weighted by Crippen LogP contribution is -1.80. The van der Waals surface area contributed by atoms with E-state index in [0.29, 0.717) is 5.56 Å². The zero-order chi connectivity index (χ0) is 20.0. The molecule has 0 radical (unpaired) electrons. The van der Waals surface area contributed by atoms with Crippen molar-refractivity contribution in [1.82, 2.24) is 0 Å². The predicted octanol–water partition coefficient (Wildman–Crippen LogP) is 5.02. The maximum atomic E-state index is 8.53. The molecule has 0 spiro atoms. The van der Waals surface area contributed by atoms with Gasteiger partial charge in [0.1, 0.15) is 0 Å². The maximum absolute atomic E-state index is 8.53. The lowest BCUT2D eigenvalue weighted by molar-refractivity contribution is 1.59. The molecule has 3 rings (SSSR count). The number of hydrogen-bond acceptors (Lipinski definition) is 0. The summed E-state index contributed by atoms with van der Waals surface area (Å²) >= 11 is 0. The molecule has 0 heteroatoms. The first-order valence-corrected chi connectivity index (χ1v) is 5.41. The van der Waals surface area contributed by atoms with E-state index in [1.165, 1.54) is 0 Å². The Balaban J connectivity index is 2.49. The van der Waals surface area contributed by atoms with E-state index in [1.807, 2.05) is 0 Å². The van der Waals surface area contributed by atoms with E-state index >= 15 is 0 Å². The minimum absolute atomic E-state index is 0.0819. The number of rotatable bonds is 2. The molecule has 3 aromatic rings. The van der Waals surface area contributed by atoms with Crippen molar-refractivity contribution in [3.8, 4) is 22.3 Å². The van der Waals surface area contributed by atoms with Gasteiger partial charge in [0.15, 0.2) is 0 Å².